The number of carbonyl (C=O) groups excluding carboxylic acids is 1. The van der Waals surface area contributed by atoms with Crippen LogP contribution >= 0.6 is 0 Å². The number of ether oxygens (including phenoxy) is 2. The predicted molar refractivity (Wildman–Crippen MR) is 65.9 cm³/mol. The standard InChI is InChI=1S/C12H20N2O5/c1-8-7-19-9(2)5-14(8)12(17)13-3-4-18-10(6-13)11(15)16/h8-10H,3-7H2,1-2H3,(H,15,16). The molecule has 108 valence electrons. The number of nitrogens with zero attached hydrogens (tertiary/aromatic N) is 2. The second kappa shape index (κ2) is 5.75. The molecule has 19 heavy (non-hydrogen) atoms. The van der Waals surface area contributed by atoms with E-state index >= 15 is 0 Å². The molecule has 2 fully saturated rings. The Morgan fingerprint density at radius 3 is 2.63 bits per heavy atom. The number of urea groups is 1. The highest BCUT2D eigenvalue weighted by molar-refractivity contribution is 5.78. The van der Waals surface area contributed by atoms with Gasteiger partial charge in [-0.3, -0.25) is 0 Å². The zero-order chi connectivity index (χ0) is 14.0. The van der Waals surface area contributed by atoms with Gasteiger partial charge in [0.15, 0.2) is 6.10 Å². The molecule has 0 bridgehead atoms. The van der Waals surface area contributed by atoms with Crippen LogP contribution in [0.5, 0.6) is 0 Å². The van der Waals surface area contributed by atoms with E-state index in [-0.39, 0.29) is 31.3 Å². The van der Waals surface area contributed by atoms with E-state index in [9.17, 15) is 9.59 Å². The quantitative estimate of drug-likeness (QED) is 0.727. The lowest BCUT2D eigenvalue weighted by Gasteiger charge is -2.41. The first-order valence-electron chi connectivity index (χ1n) is 6.50. The van der Waals surface area contributed by atoms with Crippen molar-refractivity contribution in [3.63, 3.8) is 0 Å². The normalized spacial score (nSPS) is 32.2. The Bertz CT molecular complexity index is 362. The molecular weight excluding hydrogens is 252 g/mol. The number of carboxylic acid groups (broad SMARTS) is 1. The van der Waals surface area contributed by atoms with E-state index in [1.165, 1.54) is 0 Å². The first-order chi connectivity index (χ1) is 8.99. The average Bonchev–Trinajstić information content (AvgIpc) is 2.41. The number of carbonyl (C=O) groups is 2. The van der Waals surface area contributed by atoms with Crippen LogP contribution in [0.1, 0.15) is 13.8 Å². The van der Waals surface area contributed by atoms with Gasteiger partial charge in [0.05, 0.1) is 31.9 Å². The Morgan fingerprint density at radius 1 is 1.21 bits per heavy atom. The molecule has 2 aliphatic rings. The largest absolute Gasteiger partial charge is 0.479 e. The summed E-state index contributed by atoms with van der Waals surface area (Å²) < 4.78 is 10.6. The number of aliphatic carboxylic acids is 1. The summed E-state index contributed by atoms with van der Waals surface area (Å²) in [5, 5.41) is 8.95. The maximum atomic E-state index is 12.4. The van der Waals surface area contributed by atoms with Gasteiger partial charge in [-0.2, -0.15) is 0 Å². The van der Waals surface area contributed by atoms with Crippen LogP contribution in [0.2, 0.25) is 0 Å². The molecule has 2 saturated heterocycles. The first-order valence-corrected chi connectivity index (χ1v) is 6.50. The van der Waals surface area contributed by atoms with Gasteiger partial charge >= 0.3 is 12.0 Å². The molecular formula is C12H20N2O5. The van der Waals surface area contributed by atoms with Crippen LogP contribution in [0.15, 0.2) is 0 Å². The Labute approximate surface area is 112 Å². The van der Waals surface area contributed by atoms with Crippen LogP contribution in [-0.4, -0.2) is 78.0 Å². The van der Waals surface area contributed by atoms with Gasteiger partial charge < -0.3 is 24.4 Å². The monoisotopic (exact) mass is 272 g/mol. The van der Waals surface area contributed by atoms with Crippen molar-refractivity contribution >= 4 is 12.0 Å². The van der Waals surface area contributed by atoms with Gasteiger partial charge in [-0.1, -0.05) is 0 Å². The minimum Gasteiger partial charge on any atom is -0.479 e. The minimum absolute atomic E-state index is 0.00910. The number of hydrogen-bond donors (Lipinski definition) is 1. The summed E-state index contributed by atoms with van der Waals surface area (Å²) in [5.41, 5.74) is 0. The lowest BCUT2D eigenvalue weighted by atomic mass is 10.2. The van der Waals surface area contributed by atoms with Gasteiger partial charge in [0.25, 0.3) is 0 Å². The van der Waals surface area contributed by atoms with E-state index < -0.39 is 12.1 Å². The summed E-state index contributed by atoms with van der Waals surface area (Å²) in [7, 11) is 0. The number of hydrogen-bond acceptors (Lipinski definition) is 4. The molecule has 0 aromatic heterocycles. The van der Waals surface area contributed by atoms with Crippen molar-refractivity contribution in [1.82, 2.24) is 9.80 Å². The summed E-state index contributed by atoms with van der Waals surface area (Å²) in [5.74, 6) is -1.03. The van der Waals surface area contributed by atoms with E-state index in [2.05, 4.69) is 0 Å². The Morgan fingerprint density at radius 2 is 1.95 bits per heavy atom. The minimum atomic E-state index is -1.03. The second-order valence-corrected chi connectivity index (χ2v) is 5.07. The first kappa shape index (κ1) is 14.1. The van der Waals surface area contributed by atoms with Gasteiger partial charge in [0.2, 0.25) is 0 Å². The van der Waals surface area contributed by atoms with E-state index in [0.29, 0.717) is 19.7 Å². The molecule has 3 unspecified atom stereocenters. The lowest BCUT2D eigenvalue weighted by Crippen LogP contribution is -2.58. The zero-order valence-electron chi connectivity index (χ0n) is 11.2. The van der Waals surface area contributed by atoms with Crippen LogP contribution in [0, 0.1) is 0 Å². The van der Waals surface area contributed by atoms with Gasteiger partial charge in [-0.15, -0.1) is 0 Å². The van der Waals surface area contributed by atoms with Gasteiger partial charge in [0.1, 0.15) is 0 Å². The summed E-state index contributed by atoms with van der Waals surface area (Å²) in [4.78, 5) is 26.6. The molecule has 2 amide bonds. The smallest absolute Gasteiger partial charge is 0.334 e. The fourth-order valence-electron chi connectivity index (χ4n) is 2.32. The maximum absolute atomic E-state index is 12.4. The summed E-state index contributed by atoms with van der Waals surface area (Å²) in [6.45, 7) is 5.70. The van der Waals surface area contributed by atoms with E-state index in [0.717, 1.165) is 0 Å². The van der Waals surface area contributed by atoms with E-state index in [4.69, 9.17) is 14.6 Å². The second-order valence-electron chi connectivity index (χ2n) is 5.07. The molecule has 0 radical (unpaired) electrons. The molecule has 7 heteroatoms. The van der Waals surface area contributed by atoms with Crippen molar-refractivity contribution < 1.29 is 24.2 Å². The molecule has 0 saturated carbocycles. The molecule has 7 nitrogen and oxygen atoms in total. The summed E-state index contributed by atoms with van der Waals surface area (Å²) in [6, 6.07) is -0.118. The predicted octanol–water partition coefficient (Wildman–Crippen LogP) is 0.00100. The van der Waals surface area contributed by atoms with E-state index in [1.807, 2.05) is 13.8 Å². The third kappa shape index (κ3) is 3.16. The number of morpholine rings is 2. The van der Waals surface area contributed by atoms with Crippen molar-refractivity contribution in [2.75, 3.05) is 32.8 Å². The van der Waals surface area contributed by atoms with Crippen LogP contribution in [0.25, 0.3) is 0 Å². The molecule has 0 aromatic rings. The van der Waals surface area contributed by atoms with Crippen LogP contribution in [-0.2, 0) is 14.3 Å². The number of amides is 2. The Balaban J connectivity index is 2.00. The Kier molecular flexibility index (Phi) is 4.26. The van der Waals surface area contributed by atoms with Crippen molar-refractivity contribution in [3.8, 4) is 0 Å². The van der Waals surface area contributed by atoms with Gasteiger partial charge in [-0.05, 0) is 13.8 Å². The summed E-state index contributed by atoms with van der Waals surface area (Å²) in [6.07, 6.45) is -0.914. The van der Waals surface area contributed by atoms with Gasteiger partial charge in [-0.25, -0.2) is 9.59 Å². The fourth-order valence-corrected chi connectivity index (χ4v) is 2.32. The van der Waals surface area contributed by atoms with Crippen LogP contribution in [0.3, 0.4) is 0 Å². The van der Waals surface area contributed by atoms with Gasteiger partial charge in [0, 0.05) is 13.1 Å². The molecule has 2 heterocycles. The number of rotatable bonds is 1. The highest BCUT2D eigenvalue weighted by atomic mass is 16.5. The fraction of sp³-hybridized carbons (Fsp3) is 0.833. The average molecular weight is 272 g/mol. The van der Waals surface area contributed by atoms with Crippen molar-refractivity contribution in [3.05, 3.63) is 0 Å². The van der Waals surface area contributed by atoms with Crippen LogP contribution < -0.4 is 0 Å². The third-order valence-electron chi connectivity index (χ3n) is 3.47. The van der Waals surface area contributed by atoms with E-state index in [1.54, 1.807) is 9.80 Å². The molecule has 2 rings (SSSR count). The van der Waals surface area contributed by atoms with Crippen LogP contribution in [0.4, 0.5) is 4.79 Å². The number of carboxylic acids is 1. The summed E-state index contributed by atoms with van der Waals surface area (Å²) >= 11 is 0. The molecule has 0 aromatic carbocycles. The SMILES string of the molecule is CC1CN(C(=O)N2CCOC(C(=O)O)C2)C(C)CO1. The third-order valence-corrected chi connectivity index (χ3v) is 3.47. The molecule has 0 spiro atoms. The van der Waals surface area contributed by atoms with Crippen molar-refractivity contribution in [2.45, 2.75) is 32.1 Å². The highest BCUT2D eigenvalue weighted by Gasteiger charge is 2.35. The molecule has 0 aliphatic carbocycles. The van der Waals surface area contributed by atoms with Crippen molar-refractivity contribution in [2.24, 2.45) is 0 Å². The molecule has 2 aliphatic heterocycles. The topological polar surface area (TPSA) is 79.3 Å². The molecule has 3 atom stereocenters. The molecule has 1 N–H and O–H groups in total. The highest BCUT2D eigenvalue weighted by Crippen LogP contribution is 2.16. The van der Waals surface area contributed by atoms with Crippen molar-refractivity contribution in [1.29, 1.82) is 0 Å². The lowest BCUT2D eigenvalue weighted by molar-refractivity contribution is -0.155. The Hall–Kier alpha value is -1.34. The maximum Gasteiger partial charge on any atom is 0.334 e. The zero-order valence-corrected chi connectivity index (χ0v) is 11.2.